The summed E-state index contributed by atoms with van der Waals surface area (Å²) in [5, 5.41) is 3.01. The Morgan fingerprint density at radius 1 is 0.862 bits per heavy atom. The maximum atomic E-state index is 13.1. The smallest absolute Gasteiger partial charge is 0.252 e. The van der Waals surface area contributed by atoms with Crippen LogP contribution in [0.25, 0.3) is 0 Å². The number of nitrogens with one attached hydrogen (secondary N) is 1. The second-order valence-electron chi connectivity index (χ2n) is 7.73. The molecule has 2 aromatic carbocycles. The molecule has 0 spiro atoms. The van der Waals surface area contributed by atoms with Crippen molar-refractivity contribution in [1.82, 2.24) is 10.2 Å². The normalized spacial score (nSPS) is 17.1. The molecule has 0 atom stereocenters. The van der Waals surface area contributed by atoms with E-state index in [4.69, 9.17) is 0 Å². The van der Waals surface area contributed by atoms with E-state index in [0.717, 1.165) is 12.8 Å². The van der Waals surface area contributed by atoms with Gasteiger partial charge >= 0.3 is 0 Å². The Balaban J connectivity index is 1.42. The molecule has 6 heteroatoms. The minimum atomic E-state index is -0.418. The molecular formula is C23H23FN2O3. The molecule has 2 aromatic rings. The highest BCUT2D eigenvalue weighted by Crippen LogP contribution is 2.32. The maximum Gasteiger partial charge on any atom is 0.252 e. The van der Waals surface area contributed by atoms with Crippen molar-refractivity contribution in [3.63, 3.8) is 0 Å². The number of ketones is 1. The molecule has 0 radical (unpaired) electrons. The van der Waals surface area contributed by atoms with E-state index in [9.17, 15) is 18.8 Å². The second kappa shape index (κ2) is 8.15. The number of hydrogen-bond acceptors (Lipinski definition) is 3. The molecular weight excluding hydrogens is 371 g/mol. The van der Waals surface area contributed by atoms with Crippen molar-refractivity contribution in [3.05, 3.63) is 71.0 Å². The highest BCUT2D eigenvalue weighted by molar-refractivity contribution is 6.15. The molecule has 0 unspecified atom stereocenters. The zero-order chi connectivity index (χ0) is 20.4. The van der Waals surface area contributed by atoms with Crippen LogP contribution < -0.4 is 5.32 Å². The van der Waals surface area contributed by atoms with Gasteiger partial charge in [0.05, 0.1) is 5.56 Å². The number of amides is 2. The van der Waals surface area contributed by atoms with E-state index in [-0.39, 0.29) is 35.1 Å². The van der Waals surface area contributed by atoms with Gasteiger partial charge < -0.3 is 10.2 Å². The first kappa shape index (κ1) is 19.3. The van der Waals surface area contributed by atoms with Gasteiger partial charge in [-0.2, -0.15) is 0 Å². The van der Waals surface area contributed by atoms with Crippen LogP contribution in [0.5, 0.6) is 0 Å². The fourth-order valence-corrected chi connectivity index (χ4v) is 3.73. The minimum absolute atomic E-state index is 0.0280. The zero-order valence-corrected chi connectivity index (χ0v) is 16.1. The molecule has 150 valence electrons. The summed E-state index contributed by atoms with van der Waals surface area (Å²) in [6, 6.07) is 11.9. The standard InChI is InChI=1S/C23H23FN2O3/c24-17-9-7-15(8-10-17)21(27)19-3-1-2-4-20(19)22(28)25-18-11-13-26(14-12-18)23(29)16-5-6-16/h1-4,7-10,16,18H,5-6,11-14H2,(H,25,28). The fraction of sp³-hybridized carbons (Fsp3) is 0.348. The molecule has 2 fully saturated rings. The van der Waals surface area contributed by atoms with Crippen molar-refractivity contribution in [2.75, 3.05) is 13.1 Å². The number of halogens is 1. The fourth-order valence-electron chi connectivity index (χ4n) is 3.73. The summed E-state index contributed by atoms with van der Waals surface area (Å²) in [4.78, 5) is 39.7. The third-order valence-corrected chi connectivity index (χ3v) is 5.59. The van der Waals surface area contributed by atoms with Crippen LogP contribution >= 0.6 is 0 Å². The van der Waals surface area contributed by atoms with E-state index in [2.05, 4.69) is 5.32 Å². The van der Waals surface area contributed by atoms with E-state index in [1.54, 1.807) is 24.3 Å². The summed E-state index contributed by atoms with van der Waals surface area (Å²) in [6.07, 6.45) is 3.40. The second-order valence-corrected chi connectivity index (χ2v) is 7.73. The molecule has 29 heavy (non-hydrogen) atoms. The van der Waals surface area contributed by atoms with E-state index in [0.29, 0.717) is 37.1 Å². The molecule has 4 rings (SSSR count). The molecule has 1 N–H and O–H groups in total. The van der Waals surface area contributed by atoms with Gasteiger partial charge in [0, 0.05) is 36.2 Å². The minimum Gasteiger partial charge on any atom is -0.349 e. The van der Waals surface area contributed by atoms with Gasteiger partial charge in [0.15, 0.2) is 5.78 Å². The third-order valence-electron chi connectivity index (χ3n) is 5.59. The molecule has 1 aliphatic heterocycles. The van der Waals surface area contributed by atoms with Gasteiger partial charge in [0.1, 0.15) is 5.82 Å². The number of piperidine rings is 1. The Kier molecular flexibility index (Phi) is 5.43. The monoisotopic (exact) mass is 394 g/mol. The number of hydrogen-bond donors (Lipinski definition) is 1. The first-order valence-corrected chi connectivity index (χ1v) is 10.0. The highest BCUT2D eigenvalue weighted by Gasteiger charge is 2.35. The summed E-state index contributed by atoms with van der Waals surface area (Å²) in [7, 11) is 0. The van der Waals surface area contributed by atoms with E-state index in [1.165, 1.54) is 24.3 Å². The summed E-state index contributed by atoms with van der Waals surface area (Å²) in [5.41, 5.74) is 0.926. The van der Waals surface area contributed by atoms with Crippen LogP contribution in [0.3, 0.4) is 0 Å². The number of rotatable bonds is 5. The first-order valence-electron chi connectivity index (χ1n) is 10.0. The van der Waals surface area contributed by atoms with Crippen molar-refractivity contribution in [3.8, 4) is 0 Å². The largest absolute Gasteiger partial charge is 0.349 e. The quantitative estimate of drug-likeness (QED) is 0.792. The van der Waals surface area contributed by atoms with Gasteiger partial charge in [-0.1, -0.05) is 18.2 Å². The van der Waals surface area contributed by atoms with Crippen LogP contribution in [0, 0.1) is 11.7 Å². The van der Waals surface area contributed by atoms with E-state index < -0.39 is 5.82 Å². The zero-order valence-electron chi connectivity index (χ0n) is 16.1. The Morgan fingerprint density at radius 3 is 2.10 bits per heavy atom. The molecule has 2 amide bonds. The van der Waals surface area contributed by atoms with Gasteiger partial charge in [-0.3, -0.25) is 14.4 Å². The van der Waals surface area contributed by atoms with Gasteiger partial charge in [-0.15, -0.1) is 0 Å². The lowest BCUT2D eigenvalue weighted by Gasteiger charge is -2.32. The third kappa shape index (κ3) is 4.36. The Labute approximate surface area is 168 Å². The first-order chi connectivity index (χ1) is 14.0. The summed E-state index contributed by atoms with van der Waals surface area (Å²) in [5.74, 6) is -0.585. The summed E-state index contributed by atoms with van der Waals surface area (Å²) >= 11 is 0. The maximum absolute atomic E-state index is 13.1. The van der Waals surface area contributed by atoms with Crippen LogP contribution in [0.1, 0.15) is 52.0 Å². The van der Waals surface area contributed by atoms with Gasteiger partial charge in [0.25, 0.3) is 5.91 Å². The molecule has 0 bridgehead atoms. The Hall–Kier alpha value is -3.02. The van der Waals surface area contributed by atoms with Crippen molar-refractivity contribution in [2.45, 2.75) is 31.7 Å². The van der Waals surface area contributed by atoms with Crippen LogP contribution in [0.4, 0.5) is 4.39 Å². The van der Waals surface area contributed by atoms with Crippen LogP contribution in [0.15, 0.2) is 48.5 Å². The number of benzene rings is 2. The van der Waals surface area contributed by atoms with Crippen molar-refractivity contribution in [2.24, 2.45) is 5.92 Å². The predicted molar refractivity (Wildman–Crippen MR) is 106 cm³/mol. The average Bonchev–Trinajstić information content (AvgIpc) is 3.59. The molecule has 1 heterocycles. The highest BCUT2D eigenvalue weighted by atomic mass is 19.1. The number of nitrogens with zero attached hydrogens (tertiary/aromatic N) is 1. The van der Waals surface area contributed by atoms with Crippen LogP contribution in [0.2, 0.25) is 0 Å². The van der Waals surface area contributed by atoms with Crippen molar-refractivity contribution in [1.29, 1.82) is 0 Å². The number of carbonyl (C=O) groups excluding carboxylic acids is 3. The lowest BCUT2D eigenvalue weighted by Crippen LogP contribution is -2.47. The van der Waals surface area contributed by atoms with Crippen molar-refractivity contribution >= 4 is 17.6 Å². The van der Waals surface area contributed by atoms with E-state index in [1.807, 2.05) is 4.90 Å². The Morgan fingerprint density at radius 2 is 1.48 bits per heavy atom. The predicted octanol–water partition coefficient (Wildman–Crippen LogP) is 3.19. The van der Waals surface area contributed by atoms with Crippen LogP contribution in [-0.2, 0) is 4.79 Å². The molecule has 1 saturated heterocycles. The molecule has 2 aliphatic rings. The molecule has 5 nitrogen and oxygen atoms in total. The number of likely N-dealkylation sites (tertiary alicyclic amines) is 1. The van der Waals surface area contributed by atoms with Crippen LogP contribution in [-0.4, -0.2) is 41.6 Å². The van der Waals surface area contributed by atoms with Crippen molar-refractivity contribution < 1.29 is 18.8 Å². The van der Waals surface area contributed by atoms with E-state index >= 15 is 0 Å². The molecule has 1 aliphatic carbocycles. The molecule has 0 aromatic heterocycles. The lowest BCUT2D eigenvalue weighted by molar-refractivity contribution is -0.133. The van der Waals surface area contributed by atoms with Gasteiger partial charge in [-0.25, -0.2) is 4.39 Å². The van der Waals surface area contributed by atoms with Gasteiger partial charge in [-0.05, 0) is 56.0 Å². The topological polar surface area (TPSA) is 66.5 Å². The lowest BCUT2D eigenvalue weighted by atomic mass is 9.97. The van der Waals surface area contributed by atoms with Gasteiger partial charge in [0.2, 0.25) is 5.91 Å². The Bertz CT molecular complexity index is 929. The summed E-state index contributed by atoms with van der Waals surface area (Å²) < 4.78 is 13.1. The summed E-state index contributed by atoms with van der Waals surface area (Å²) in [6.45, 7) is 1.30. The molecule has 1 saturated carbocycles. The SMILES string of the molecule is O=C(NC1CCN(C(=O)C2CC2)CC1)c1ccccc1C(=O)c1ccc(F)cc1. The number of carbonyl (C=O) groups is 3. The average molecular weight is 394 g/mol.